The third-order valence-corrected chi connectivity index (χ3v) is 5.00. The van der Waals surface area contributed by atoms with Crippen LogP contribution >= 0.6 is 0 Å². The molecule has 0 saturated carbocycles. The zero-order valence-electron chi connectivity index (χ0n) is 14.9. The monoisotopic (exact) mass is 348 g/mol. The molecule has 4 rings (SSSR count). The highest BCUT2D eigenvalue weighted by atomic mass is 16.5. The lowest BCUT2D eigenvalue weighted by Crippen LogP contribution is -2.32. The average Bonchev–Trinajstić information content (AvgIpc) is 2.69. The predicted molar refractivity (Wildman–Crippen MR) is 102 cm³/mol. The van der Waals surface area contributed by atoms with E-state index in [4.69, 9.17) is 4.74 Å². The summed E-state index contributed by atoms with van der Waals surface area (Å²) in [6, 6.07) is 13.0. The van der Waals surface area contributed by atoms with E-state index in [1.54, 1.807) is 26.4 Å². The number of pyridine rings is 1. The summed E-state index contributed by atoms with van der Waals surface area (Å²) in [4.78, 5) is 27.5. The van der Waals surface area contributed by atoms with Crippen molar-refractivity contribution in [3.8, 4) is 5.75 Å². The molecule has 0 bridgehead atoms. The highest BCUT2D eigenvalue weighted by Crippen LogP contribution is 2.25. The Morgan fingerprint density at radius 1 is 1.19 bits per heavy atom. The maximum Gasteiger partial charge on any atom is 0.263 e. The molecule has 1 aromatic heterocycles. The first-order valence-corrected chi connectivity index (χ1v) is 8.67. The van der Waals surface area contributed by atoms with E-state index >= 15 is 0 Å². The van der Waals surface area contributed by atoms with Crippen molar-refractivity contribution < 1.29 is 9.53 Å². The number of nitrogens with zero attached hydrogens (tertiary/aromatic N) is 2. The molecule has 0 atom stereocenters. The number of ether oxygens (including phenoxy) is 1. The maximum atomic E-state index is 13.1. The molecule has 0 N–H and O–H groups in total. The minimum atomic E-state index is -0.315. The average molecular weight is 348 g/mol. The summed E-state index contributed by atoms with van der Waals surface area (Å²) in [6.45, 7) is 0.816. The fraction of sp³-hybridized carbons (Fsp3) is 0.238. The Bertz CT molecular complexity index is 1070. The first kappa shape index (κ1) is 16.4. The first-order valence-electron chi connectivity index (χ1n) is 8.67. The van der Waals surface area contributed by atoms with Gasteiger partial charge in [-0.15, -0.1) is 0 Å². The van der Waals surface area contributed by atoms with Gasteiger partial charge in [0.2, 0.25) is 5.43 Å². The molecule has 26 heavy (non-hydrogen) atoms. The number of benzene rings is 2. The van der Waals surface area contributed by atoms with Gasteiger partial charge in [0, 0.05) is 36.9 Å². The lowest BCUT2D eigenvalue weighted by molar-refractivity contribution is 0.0991. The number of hydrogen-bond donors (Lipinski definition) is 0. The number of amides is 1. The van der Waals surface area contributed by atoms with E-state index in [2.05, 4.69) is 6.07 Å². The number of rotatable bonds is 3. The summed E-state index contributed by atoms with van der Waals surface area (Å²) in [7, 11) is 3.26. The third kappa shape index (κ3) is 2.56. The molecule has 2 heterocycles. The van der Waals surface area contributed by atoms with Crippen LogP contribution in [0.3, 0.4) is 0 Å². The number of methoxy groups -OCH3 is 1. The Morgan fingerprint density at radius 3 is 2.81 bits per heavy atom. The number of para-hydroxylation sites is 1. The van der Waals surface area contributed by atoms with Crippen LogP contribution in [-0.4, -0.2) is 24.6 Å². The number of anilines is 1. The molecule has 5 nitrogen and oxygen atoms in total. The third-order valence-electron chi connectivity index (χ3n) is 5.00. The summed E-state index contributed by atoms with van der Waals surface area (Å²) in [6.07, 6.45) is 3.69. The van der Waals surface area contributed by atoms with Gasteiger partial charge in [-0.25, -0.2) is 0 Å². The zero-order valence-corrected chi connectivity index (χ0v) is 14.9. The van der Waals surface area contributed by atoms with Crippen molar-refractivity contribution >= 4 is 22.5 Å². The molecule has 0 fully saturated rings. The molecule has 0 aliphatic carbocycles. The molecule has 0 saturated heterocycles. The summed E-state index contributed by atoms with van der Waals surface area (Å²) in [5.74, 6) is 0.349. The van der Waals surface area contributed by atoms with Gasteiger partial charge in [-0.3, -0.25) is 9.59 Å². The molecule has 1 aliphatic rings. The van der Waals surface area contributed by atoms with Gasteiger partial charge in [0.05, 0.1) is 12.6 Å². The van der Waals surface area contributed by atoms with Crippen LogP contribution in [0.25, 0.3) is 10.9 Å². The lowest BCUT2D eigenvalue weighted by atomic mass is 9.99. The van der Waals surface area contributed by atoms with Crippen LogP contribution in [0, 0.1) is 0 Å². The van der Waals surface area contributed by atoms with E-state index in [1.165, 1.54) is 10.5 Å². The minimum Gasteiger partial charge on any atom is -0.497 e. The van der Waals surface area contributed by atoms with Crippen molar-refractivity contribution in [1.29, 1.82) is 0 Å². The van der Waals surface area contributed by atoms with Crippen molar-refractivity contribution in [2.75, 3.05) is 19.1 Å². The van der Waals surface area contributed by atoms with E-state index in [9.17, 15) is 9.59 Å². The largest absolute Gasteiger partial charge is 0.497 e. The summed E-state index contributed by atoms with van der Waals surface area (Å²) in [5.41, 5.74) is 2.80. The van der Waals surface area contributed by atoms with Crippen molar-refractivity contribution in [3.05, 3.63) is 70.0 Å². The van der Waals surface area contributed by atoms with Crippen molar-refractivity contribution in [2.45, 2.75) is 19.4 Å². The number of carbonyl (C=O) groups excluding carboxylic acids is 1. The molecular weight excluding hydrogens is 328 g/mol. The SMILES string of the molecule is COc1cccc(N(C)C(=O)c2cn3c4c(cccc4c2=O)CCC3)c1. The second-order valence-corrected chi connectivity index (χ2v) is 6.55. The smallest absolute Gasteiger partial charge is 0.263 e. The Balaban J connectivity index is 1.83. The Hall–Kier alpha value is -3.08. The van der Waals surface area contributed by atoms with E-state index in [0.717, 1.165) is 24.9 Å². The predicted octanol–water partition coefficient (Wildman–Crippen LogP) is 3.23. The van der Waals surface area contributed by atoms with Crippen LogP contribution < -0.4 is 15.1 Å². The topological polar surface area (TPSA) is 51.5 Å². The molecule has 0 unspecified atom stereocenters. The Labute approximate surface area is 151 Å². The Kier molecular flexibility index (Phi) is 3.99. The highest BCUT2D eigenvalue weighted by molar-refractivity contribution is 6.07. The molecule has 5 heteroatoms. The molecule has 132 valence electrons. The van der Waals surface area contributed by atoms with Gasteiger partial charge in [0.1, 0.15) is 11.3 Å². The van der Waals surface area contributed by atoms with Gasteiger partial charge in [0.15, 0.2) is 0 Å². The highest BCUT2D eigenvalue weighted by Gasteiger charge is 2.22. The molecule has 1 amide bonds. The van der Waals surface area contributed by atoms with E-state index in [1.807, 2.05) is 34.9 Å². The number of carbonyl (C=O) groups is 1. The van der Waals surface area contributed by atoms with Crippen LogP contribution in [0.2, 0.25) is 0 Å². The van der Waals surface area contributed by atoms with E-state index in [0.29, 0.717) is 16.8 Å². The number of hydrogen-bond acceptors (Lipinski definition) is 3. The molecule has 0 radical (unpaired) electrons. The van der Waals surface area contributed by atoms with E-state index in [-0.39, 0.29) is 16.9 Å². The zero-order chi connectivity index (χ0) is 18.3. The summed E-state index contributed by atoms with van der Waals surface area (Å²) >= 11 is 0. The van der Waals surface area contributed by atoms with Gasteiger partial charge >= 0.3 is 0 Å². The van der Waals surface area contributed by atoms with Gasteiger partial charge < -0.3 is 14.2 Å². The Morgan fingerprint density at radius 2 is 2.00 bits per heavy atom. The standard InChI is InChI=1S/C21H20N2O3/c1-22(15-8-4-9-16(12-15)26-2)21(25)18-13-23-11-5-7-14-6-3-10-17(19(14)23)20(18)24/h3-4,6,8-10,12-13H,5,7,11H2,1-2H3. The van der Waals surface area contributed by atoms with Crippen molar-refractivity contribution in [3.63, 3.8) is 0 Å². The van der Waals surface area contributed by atoms with Crippen LogP contribution in [-0.2, 0) is 13.0 Å². The van der Waals surface area contributed by atoms with Gasteiger partial charge in [-0.05, 0) is 36.6 Å². The minimum absolute atomic E-state index is 0.196. The second kappa shape index (κ2) is 6.33. The van der Waals surface area contributed by atoms with Crippen LogP contribution in [0.5, 0.6) is 5.75 Å². The quantitative estimate of drug-likeness (QED) is 0.730. The van der Waals surface area contributed by atoms with Gasteiger partial charge in [-0.1, -0.05) is 18.2 Å². The van der Waals surface area contributed by atoms with Crippen LogP contribution in [0.1, 0.15) is 22.3 Å². The number of aryl methyl sites for hydroxylation is 2. The van der Waals surface area contributed by atoms with Crippen LogP contribution in [0.15, 0.2) is 53.5 Å². The van der Waals surface area contributed by atoms with Crippen molar-refractivity contribution in [1.82, 2.24) is 4.57 Å². The van der Waals surface area contributed by atoms with E-state index < -0.39 is 0 Å². The normalized spacial score (nSPS) is 12.8. The fourth-order valence-corrected chi connectivity index (χ4v) is 3.63. The molecule has 2 aromatic carbocycles. The van der Waals surface area contributed by atoms with Gasteiger partial charge in [0.25, 0.3) is 5.91 Å². The lowest BCUT2D eigenvalue weighted by Gasteiger charge is -2.22. The second-order valence-electron chi connectivity index (χ2n) is 6.55. The summed E-state index contributed by atoms with van der Waals surface area (Å²) < 4.78 is 7.27. The fourth-order valence-electron chi connectivity index (χ4n) is 3.63. The summed E-state index contributed by atoms with van der Waals surface area (Å²) in [5, 5.41) is 0.618. The molecule has 1 aliphatic heterocycles. The number of aromatic nitrogens is 1. The van der Waals surface area contributed by atoms with Gasteiger partial charge in [-0.2, -0.15) is 0 Å². The van der Waals surface area contributed by atoms with Crippen LogP contribution in [0.4, 0.5) is 5.69 Å². The maximum absolute atomic E-state index is 13.1. The van der Waals surface area contributed by atoms with Crippen molar-refractivity contribution in [2.24, 2.45) is 0 Å². The molecule has 3 aromatic rings. The first-order chi connectivity index (χ1) is 12.6. The molecular formula is C21H20N2O3. The molecule has 0 spiro atoms.